The van der Waals surface area contributed by atoms with E-state index in [9.17, 15) is 19.5 Å². The number of rotatable bonds is 1. The highest BCUT2D eigenvalue weighted by atomic mass is 16.5. The van der Waals surface area contributed by atoms with E-state index in [0.717, 1.165) is 0 Å². The van der Waals surface area contributed by atoms with Crippen LogP contribution in [-0.2, 0) is 14.3 Å². The van der Waals surface area contributed by atoms with Gasteiger partial charge in [-0.2, -0.15) is 0 Å². The molecule has 1 heterocycles. The van der Waals surface area contributed by atoms with E-state index in [4.69, 9.17) is 0 Å². The minimum absolute atomic E-state index is 0.0403. The topological polar surface area (TPSA) is 83.9 Å². The summed E-state index contributed by atoms with van der Waals surface area (Å²) in [7, 11) is 1.27. The number of Topliss-reactive ketones (excluding diaryl/α,β-unsaturated/α-hetero) is 1. The van der Waals surface area contributed by atoms with Crippen LogP contribution in [0.15, 0.2) is 0 Å². The molecule has 1 unspecified atom stereocenters. The Morgan fingerprint density at radius 3 is 2.32 bits per heavy atom. The van der Waals surface area contributed by atoms with Crippen molar-refractivity contribution in [1.82, 2.24) is 4.90 Å². The fraction of sp³-hybridized carbons (Fsp3) is 0.769. The smallest absolute Gasteiger partial charge is 0.409 e. The molecule has 0 radical (unpaired) electrons. The summed E-state index contributed by atoms with van der Waals surface area (Å²) >= 11 is 0. The zero-order chi connectivity index (χ0) is 14.8. The molecule has 1 atom stereocenters. The Labute approximate surface area is 112 Å². The summed E-state index contributed by atoms with van der Waals surface area (Å²) in [6.45, 7) is 5.64. The van der Waals surface area contributed by atoms with Crippen molar-refractivity contribution in [2.24, 2.45) is 10.8 Å². The summed E-state index contributed by atoms with van der Waals surface area (Å²) in [6, 6.07) is 0. The third-order valence-corrected chi connectivity index (χ3v) is 3.92. The van der Waals surface area contributed by atoms with Crippen LogP contribution in [0, 0.1) is 10.8 Å². The molecular formula is C13H21NO5. The number of likely N-dealkylation sites (tertiary alicyclic amines) is 1. The van der Waals surface area contributed by atoms with Crippen molar-refractivity contribution in [3.8, 4) is 0 Å². The van der Waals surface area contributed by atoms with Crippen LogP contribution in [0.4, 0.5) is 4.79 Å². The molecular weight excluding hydrogens is 250 g/mol. The number of amides is 1. The Morgan fingerprint density at radius 2 is 1.89 bits per heavy atom. The first-order chi connectivity index (χ1) is 8.66. The first-order valence-corrected chi connectivity index (χ1v) is 6.26. The van der Waals surface area contributed by atoms with E-state index < -0.39 is 22.9 Å². The van der Waals surface area contributed by atoms with Gasteiger partial charge in [0.15, 0.2) is 5.78 Å². The van der Waals surface area contributed by atoms with Gasteiger partial charge in [-0.3, -0.25) is 9.59 Å². The van der Waals surface area contributed by atoms with Crippen molar-refractivity contribution >= 4 is 17.8 Å². The van der Waals surface area contributed by atoms with Gasteiger partial charge < -0.3 is 14.7 Å². The summed E-state index contributed by atoms with van der Waals surface area (Å²) in [6.07, 6.45) is -0.374. The molecule has 0 aromatic heterocycles. The lowest BCUT2D eigenvalue weighted by Gasteiger charge is -2.39. The summed E-state index contributed by atoms with van der Waals surface area (Å²) in [5.41, 5.74) is -2.15. The van der Waals surface area contributed by atoms with E-state index in [-0.39, 0.29) is 31.7 Å². The molecule has 1 saturated heterocycles. The van der Waals surface area contributed by atoms with Crippen molar-refractivity contribution in [2.75, 3.05) is 20.2 Å². The number of carboxylic acids is 1. The van der Waals surface area contributed by atoms with Gasteiger partial charge in [-0.05, 0) is 11.8 Å². The number of carbonyl (C=O) groups is 3. The zero-order valence-electron chi connectivity index (χ0n) is 11.9. The molecule has 1 N–H and O–H groups in total. The lowest BCUT2D eigenvalue weighted by atomic mass is 9.62. The molecule has 0 aromatic carbocycles. The van der Waals surface area contributed by atoms with Crippen molar-refractivity contribution in [1.29, 1.82) is 0 Å². The van der Waals surface area contributed by atoms with E-state index >= 15 is 0 Å². The SMILES string of the molecule is COC(=O)N1CCC(=O)C(C(=O)O)(C(C)(C)C)CC1. The molecule has 0 aromatic rings. The highest BCUT2D eigenvalue weighted by Gasteiger charge is 2.55. The Hall–Kier alpha value is -1.59. The molecule has 0 spiro atoms. The Balaban J connectivity index is 3.11. The zero-order valence-corrected chi connectivity index (χ0v) is 11.9. The Bertz CT molecular complexity index is 398. The monoisotopic (exact) mass is 271 g/mol. The number of hydrogen-bond acceptors (Lipinski definition) is 4. The largest absolute Gasteiger partial charge is 0.480 e. The van der Waals surface area contributed by atoms with Crippen molar-refractivity contribution in [3.05, 3.63) is 0 Å². The molecule has 1 amide bonds. The van der Waals surface area contributed by atoms with E-state index in [1.807, 2.05) is 0 Å². The maximum atomic E-state index is 12.3. The number of nitrogens with zero attached hydrogens (tertiary/aromatic N) is 1. The number of carbonyl (C=O) groups excluding carboxylic acids is 2. The number of carboxylic acid groups (broad SMARTS) is 1. The fourth-order valence-corrected chi connectivity index (χ4v) is 2.66. The summed E-state index contributed by atoms with van der Waals surface area (Å²) in [4.78, 5) is 36.9. The van der Waals surface area contributed by atoms with E-state index in [2.05, 4.69) is 4.74 Å². The van der Waals surface area contributed by atoms with Crippen LogP contribution in [0.3, 0.4) is 0 Å². The van der Waals surface area contributed by atoms with Gasteiger partial charge in [0.05, 0.1) is 7.11 Å². The number of aliphatic carboxylic acids is 1. The van der Waals surface area contributed by atoms with Crippen molar-refractivity contribution < 1.29 is 24.2 Å². The van der Waals surface area contributed by atoms with Crippen LogP contribution < -0.4 is 0 Å². The molecule has 1 aliphatic rings. The predicted octanol–water partition coefficient (Wildman–Crippen LogP) is 1.53. The molecule has 0 aliphatic carbocycles. The molecule has 1 aliphatic heterocycles. The summed E-state index contributed by atoms with van der Waals surface area (Å²) in [5, 5.41) is 9.55. The van der Waals surface area contributed by atoms with E-state index in [1.54, 1.807) is 20.8 Å². The maximum Gasteiger partial charge on any atom is 0.409 e. The molecule has 1 fully saturated rings. The second-order valence-corrected chi connectivity index (χ2v) is 5.84. The number of ketones is 1. The third kappa shape index (κ3) is 2.57. The average Bonchev–Trinajstić information content (AvgIpc) is 2.47. The predicted molar refractivity (Wildman–Crippen MR) is 67.7 cm³/mol. The maximum absolute atomic E-state index is 12.3. The molecule has 6 nitrogen and oxygen atoms in total. The van der Waals surface area contributed by atoms with Crippen LogP contribution in [-0.4, -0.2) is 48.1 Å². The number of methoxy groups -OCH3 is 1. The van der Waals surface area contributed by atoms with Gasteiger partial charge in [0.1, 0.15) is 5.41 Å². The summed E-state index contributed by atoms with van der Waals surface area (Å²) < 4.78 is 4.62. The van der Waals surface area contributed by atoms with Crippen LogP contribution in [0.25, 0.3) is 0 Å². The quantitative estimate of drug-likeness (QED) is 0.731. The molecule has 108 valence electrons. The molecule has 1 rings (SSSR count). The first kappa shape index (κ1) is 15.5. The van der Waals surface area contributed by atoms with Crippen molar-refractivity contribution in [2.45, 2.75) is 33.6 Å². The third-order valence-electron chi connectivity index (χ3n) is 3.92. The standard InChI is InChI=1S/C13H21NO5/c1-12(2,3)13(10(16)17)6-8-14(11(18)19-4)7-5-9(13)15/h5-8H2,1-4H3,(H,16,17). The number of ether oxygens (including phenoxy) is 1. The first-order valence-electron chi connectivity index (χ1n) is 6.26. The molecule has 6 heteroatoms. The van der Waals surface area contributed by atoms with Gasteiger partial charge in [-0.1, -0.05) is 20.8 Å². The average molecular weight is 271 g/mol. The fourth-order valence-electron chi connectivity index (χ4n) is 2.66. The van der Waals surface area contributed by atoms with Crippen LogP contribution in [0.2, 0.25) is 0 Å². The Kier molecular flexibility index (Phi) is 4.22. The normalized spacial score (nSPS) is 24.8. The van der Waals surface area contributed by atoms with Gasteiger partial charge in [0.25, 0.3) is 0 Å². The summed E-state index contributed by atoms with van der Waals surface area (Å²) in [5.74, 6) is -1.43. The molecule has 19 heavy (non-hydrogen) atoms. The lowest BCUT2D eigenvalue weighted by molar-refractivity contribution is -0.163. The van der Waals surface area contributed by atoms with Gasteiger partial charge >= 0.3 is 12.1 Å². The van der Waals surface area contributed by atoms with Gasteiger partial charge in [0, 0.05) is 19.5 Å². The lowest BCUT2D eigenvalue weighted by Crippen LogP contribution is -2.49. The minimum Gasteiger partial charge on any atom is -0.480 e. The van der Waals surface area contributed by atoms with Crippen molar-refractivity contribution in [3.63, 3.8) is 0 Å². The Morgan fingerprint density at radius 1 is 1.32 bits per heavy atom. The second kappa shape index (κ2) is 5.19. The molecule has 0 bridgehead atoms. The van der Waals surface area contributed by atoms with Crippen LogP contribution in [0.5, 0.6) is 0 Å². The van der Waals surface area contributed by atoms with Gasteiger partial charge in [-0.15, -0.1) is 0 Å². The number of hydrogen-bond donors (Lipinski definition) is 1. The van der Waals surface area contributed by atoms with Crippen LogP contribution in [0.1, 0.15) is 33.6 Å². The van der Waals surface area contributed by atoms with E-state index in [1.165, 1.54) is 12.0 Å². The second-order valence-electron chi connectivity index (χ2n) is 5.84. The molecule has 0 saturated carbocycles. The highest BCUT2D eigenvalue weighted by Crippen LogP contribution is 2.45. The van der Waals surface area contributed by atoms with Gasteiger partial charge in [0.2, 0.25) is 0 Å². The van der Waals surface area contributed by atoms with Gasteiger partial charge in [-0.25, -0.2) is 4.79 Å². The highest BCUT2D eigenvalue weighted by molar-refractivity contribution is 6.04. The van der Waals surface area contributed by atoms with Crippen LogP contribution >= 0.6 is 0 Å². The van der Waals surface area contributed by atoms with E-state index in [0.29, 0.717) is 0 Å². The minimum atomic E-state index is -1.45.